The van der Waals surface area contributed by atoms with E-state index in [9.17, 15) is 9.59 Å². The van der Waals surface area contributed by atoms with Crippen LogP contribution in [0, 0.1) is 12.8 Å². The number of benzene rings is 1. The van der Waals surface area contributed by atoms with Crippen molar-refractivity contribution in [3.8, 4) is 24.0 Å². The summed E-state index contributed by atoms with van der Waals surface area (Å²) in [6.07, 6.45) is 16.9. The van der Waals surface area contributed by atoms with E-state index in [0.29, 0.717) is 5.56 Å². The first-order valence-electron chi connectivity index (χ1n) is 11.2. The Hall–Kier alpha value is -3.20. The highest BCUT2D eigenvalue weighted by molar-refractivity contribution is 5.83. The van der Waals surface area contributed by atoms with Crippen molar-refractivity contribution in [1.29, 1.82) is 0 Å². The number of aryl methyl sites for hydroxylation is 2. The zero-order chi connectivity index (χ0) is 26.5. The largest absolute Gasteiger partial charge is 0.400 e. The first kappa shape index (κ1) is 30.8. The number of aldehydes is 1. The van der Waals surface area contributed by atoms with E-state index >= 15 is 0 Å². The number of aliphatic hydroxyl groups is 2. The maximum absolute atomic E-state index is 12.6. The Labute approximate surface area is 204 Å². The van der Waals surface area contributed by atoms with Crippen LogP contribution in [-0.2, 0) is 31.1 Å². The number of nitrogens with zero attached hydrogens (tertiary/aromatic N) is 1. The number of hydrogen-bond acceptors (Lipinski definition) is 4. The number of aromatic nitrogens is 1. The Morgan fingerprint density at radius 2 is 1.53 bits per heavy atom. The van der Waals surface area contributed by atoms with E-state index in [4.69, 9.17) is 10.2 Å². The molecule has 0 saturated carbocycles. The minimum Gasteiger partial charge on any atom is -0.400 e. The summed E-state index contributed by atoms with van der Waals surface area (Å²) in [7, 11) is 2.71. The van der Waals surface area contributed by atoms with Crippen LogP contribution in [0.25, 0.3) is 23.3 Å². The van der Waals surface area contributed by atoms with Gasteiger partial charge in [-0.05, 0) is 68.7 Å². The van der Waals surface area contributed by atoms with Gasteiger partial charge in [-0.15, -0.1) is 12.8 Å². The fourth-order valence-electron chi connectivity index (χ4n) is 3.81. The van der Waals surface area contributed by atoms with Crippen LogP contribution in [-0.4, -0.2) is 33.8 Å². The van der Waals surface area contributed by atoms with Crippen LogP contribution in [0.2, 0.25) is 0 Å². The Kier molecular flexibility index (Phi) is 13.5. The van der Waals surface area contributed by atoms with Crippen molar-refractivity contribution in [3.05, 3.63) is 69.7 Å². The predicted molar refractivity (Wildman–Crippen MR) is 144 cm³/mol. The van der Waals surface area contributed by atoms with E-state index in [2.05, 4.69) is 44.2 Å². The molecule has 2 N–H and O–H groups in total. The van der Waals surface area contributed by atoms with Gasteiger partial charge in [0.2, 0.25) is 0 Å². The zero-order valence-corrected chi connectivity index (χ0v) is 21.2. The molecule has 0 spiro atoms. The number of carbonyl (C=O) groups excluding carboxylic acids is 1. The van der Waals surface area contributed by atoms with E-state index in [0.717, 1.165) is 48.6 Å². The molecule has 2 aromatic rings. The van der Waals surface area contributed by atoms with Gasteiger partial charge in [-0.3, -0.25) is 4.79 Å². The Balaban J connectivity index is 0.00000106. The minimum absolute atomic E-state index is 0.150. The molecule has 0 bridgehead atoms. The molecule has 184 valence electrons. The number of rotatable bonds is 5. The standard InChI is InChI=1S/C22H23NO2.C4H10O.C2H2.CH4O/c1-4-18-19(5-2)22(25)23(3)20(12-13-24)21(18)17-11-10-15-8-6-7-9-16(15)14-17;1-4(2,3)5;2*1-2/h4-5,10-11,13-14H,1-2,6-9,12H2,3H3;5H,1-3H3;1-2H;2H,1H3. The van der Waals surface area contributed by atoms with E-state index in [1.54, 1.807) is 44.5 Å². The maximum atomic E-state index is 12.6. The highest BCUT2D eigenvalue weighted by Crippen LogP contribution is 2.33. The van der Waals surface area contributed by atoms with Crippen LogP contribution in [0.4, 0.5) is 0 Å². The molecule has 5 nitrogen and oxygen atoms in total. The lowest BCUT2D eigenvalue weighted by molar-refractivity contribution is -0.107. The molecule has 3 rings (SSSR count). The molecule has 0 fully saturated rings. The Bertz CT molecular complexity index is 1050. The van der Waals surface area contributed by atoms with Crippen LogP contribution in [0.5, 0.6) is 0 Å². The molecule has 0 unspecified atom stereocenters. The predicted octanol–water partition coefficient (Wildman–Crippen LogP) is 4.59. The molecule has 1 aliphatic carbocycles. The monoisotopic (exact) mass is 465 g/mol. The molecule has 0 saturated heterocycles. The summed E-state index contributed by atoms with van der Waals surface area (Å²) in [5.41, 5.74) is 6.06. The number of fused-ring (bicyclic) bond motifs is 1. The molecular weight excluding hydrogens is 426 g/mol. The molecule has 1 aliphatic rings. The van der Waals surface area contributed by atoms with Gasteiger partial charge in [0.15, 0.2) is 0 Å². The zero-order valence-electron chi connectivity index (χ0n) is 21.2. The first-order valence-corrected chi connectivity index (χ1v) is 11.2. The van der Waals surface area contributed by atoms with E-state index in [1.807, 2.05) is 0 Å². The maximum Gasteiger partial charge on any atom is 0.258 e. The molecule has 0 aliphatic heterocycles. The van der Waals surface area contributed by atoms with Crippen LogP contribution >= 0.6 is 0 Å². The van der Waals surface area contributed by atoms with Crippen LogP contribution in [0.15, 0.2) is 36.2 Å². The van der Waals surface area contributed by atoms with Crippen molar-refractivity contribution in [2.75, 3.05) is 7.11 Å². The van der Waals surface area contributed by atoms with Crippen molar-refractivity contribution in [3.63, 3.8) is 0 Å². The number of aliphatic hydroxyl groups excluding tert-OH is 1. The van der Waals surface area contributed by atoms with Gasteiger partial charge in [0.25, 0.3) is 5.56 Å². The lowest BCUT2D eigenvalue weighted by atomic mass is 9.86. The Morgan fingerprint density at radius 1 is 1.03 bits per heavy atom. The summed E-state index contributed by atoms with van der Waals surface area (Å²) >= 11 is 0. The second kappa shape index (κ2) is 14.8. The molecule has 34 heavy (non-hydrogen) atoms. The van der Waals surface area contributed by atoms with Gasteiger partial charge >= 0.3 is 0 Å². The van der Waals surface area contributed by atoms with E-state index in [1.165, 1.54) is 24.0 Å². The third-order valence-corrected chi connectivity index (χ3v) is 5.11. The summed E-state index contributed by atoms with van der Waals surface area (Å²) in [6.45, 7) is 12.9. The van der Waals surface area contributed by atoms with Gasteiger partial charge < -0.3 is 19.6 Å². The van der Waals surface area contributed by atoms with E-state index in [-0.39, 0.29) is 12.0 Å². The molecule has 0 radical (unpaired) electrons. The topological polar surface area (TPSA) is 79.5 Å². The van der Waals surface area contributed by atoms with Gasteiger partial charge in [-0.25, -0.2) is 0 Å². The third kappa shape index (κ3) is 8.30. The summed E-state index contributed by atoms with van der Waals surface area (Å²) in [5.74, 6) is 0. The summed E-state index contributed by atoms with van der Waals surface area (Å²) in [5, 5.41) is 15.5. The van der Waals surface area contributed by atoms with Crippen molar-refractivity contribution < 1.29 is 15.0 Å². The van der Waals surface area contributed by atoms with Gasteiger partial charge in [0.1, 0.15) is 6.29 Å². The third-order valence-electron chi connectivity index (χ3n) is 5.11. The molecule has 0 amide bonds. The number of carbonyl (C=O) groups is 1. The van der Waals surface area contributed by atoms with Crippen molar-refractivity contribution >= 4 is 18.4 Å². The summed E-state index contributed by atoms with van der Waals surface area (Å²) < 4.78 is 1.56. The molecule has 5 heteroatoms. The SMILES string of the molecule is C#C.C=Cc1c(-c2ccc3c(c2)CCCC3)c(CC=O)n(C)c(=O)c1C=C.CC(C)(C)O.CO. The van der Waals surface area contributed by atoms with Crippen molar-refractivity contribution in [2.24, 2.45) is 7.05 Å². The van der Waals surface area contributed by atoms with Gasteiger partial charge in [0.05, 0.1) is 5.60 Å². The second-order valence-electron chi connectivity index (χ2n) is 8.65. The second-order valence-corrected chi connectivity index (χ2v) is 8.65. The lowest BCUT2D eigenvalue weighted by Crippen LogP contribution is -2.25. The first-order chi connectivity index (χ1) is 16.1. The molecule has 1 heterocycles. The molecule has 0 atom stereocenters. The van der Waals surface area contributed by atoms with Crippen LogP contribution in [0.3, 0.4) is 0 Å². The molecule has 1 aromatic heterocycles. The Morgan fingerprint density at radius 3 is 2.00 bits per heavy atom. The van der Waals surface area contributed by atoms with Gasteiger partial charge in [-0.1, -0.05) is 43.5 Å². The van der Waals surface area contributed by atoms with E-state index < -0.39 is 5.60 Å². The fraction of sp³-hybridized carbons (Fsp3) is 0.379. The molecular formula is C29H39NO4. The number of terminal acetylenes is 1. The molecule has 1 aromatic carbocycles. The van der Waals surface area contributed by atoms with Gasteiger partial charge in [-0.2, -0.15) is 0 Å². The highest BCUT2D eigenvalue weighted by atomic mass is 16.3. The highest BCUT2D eigenvalue weighted by Gasteiger charge is 2.19. The fourth-order valence-corrected chi connectivity index (χ4v) is 3.81. The smallest absolute Gasteiger partial charge is 0.258 e. The summed E-state index contributed by atoms with van der Waals surface area (Å²) in [4.78, 5) is 23.9. The summed E-state index contributed by atoms with van der Waals surface area (Å²) in [6, 6.07) is 6.49. The normalized spacial score (nSPS) is 11.7. The van der Waals surface area contributed by atoms with Crippen molar-refractivity contribution in [2.45, 2.75) is 58.5 Å². The quantitative estimate of drug-likeness (QED) is 0.500. The minimum atomic E-state index is -0.500. The van der Waals surface area contributed by atoms with Gasteiger partial charge in [0, 0.05) is 37.4 Å². The van der Waals surface area contributed by atoms with Crippen molar-refractivity contribution in [1.82, 2.24) is 4.57 Å². The number of hydrogen-bond donors (Lipinski definition) is 2. The average Bonchev–Trinajstić information content (AvgIpc) is 2.83. The average molecular weight is 466 g/mol. The number of pyridine rings is 1. The lowest BCUT2D eigenvalue weighted by Gasteiger charge is -2.21. The van der Waals surface area contributed by atoms with Crippen LogP contribution in [0.1, 0.15) is 61.6 Å². The van der Waals surface area contributed by atoms with Crippen LogP contribution < -0.4 is 5.56 Å².